The molecule has 0 saturated carbocycles. The first-order chi connectivity index (χ1) is 10.6. The van der Waals surface area contributed by atoms with E-state index in [2.05, 4.69) is 15.3 Å². The molecule has 0 aromatic carbocycles. The predicted molar refractivity (Wildman–Crippen MR) is 87.6 cm³/mol. The molecule has 1 aliphatic rings. The van der Waals surface area contributed by atoms with Crippen LogP contribution in [-0.4, -0.2) is 26.2 Å². The van der Waals surface area contributed by atoms with Crippen molar-refractivity contribution in [1.29, 1.82) is 0 Å². The highest BCUT2D eigenvalue weighted by molar-refractivity contribution is 7.99. The number of aryl methyl sites for hydroxylation is 1. The zero-order valence-electron chi connectivity index (χ0n) is 12.3. The molecule has 8 heteroatoms. The van der Waals surface area contributed by atoms with Gasteiger partial charge in [0.1, 0.15) is 0 Å². The number of aromatic nitrogens is 3. The lowest BCUT2D eigenvalue weighted by molar-refractivity contribution is -0.119. The number of amides is 1. The van der Waals surface area contributed by atoms with Crippen LogP contribution in [0.25, 0.3) is 0 Å². The van der Waals surface area contributed by atoms with Crippen LogP contribution in [0.5, 0.6) is 0 Å². The van der Waals surface area contributed by atoms with Crippen molar-refractivity contribution in [1.82, 2.24) is 14.5 Å². The van der Waals surface area contributed by atoms with E-state index in [0.29, 0.717) is 29.0 Å². The Labute approximate surface area is 136 Å². The molecule has 0 radical (unpaired) electrons. The van der Waals surface area contributed by atoms with Crippen LogP contribution < -0.4 is 10.9 Å². The summed E-state index contributed by atoms with van der Waals surface area (Å²) in [5.41, 5.74) is 1.49. The minimum Gasteiger partial charge on any atom is -0.302 e. The molecule has 1 amide bonds. The number of nitrogens with one attached hydrogen (secondary N) is 1. The molecular formula is C14H16N4O2S2. The number of nitrogens with zero attached hydrogens (tertiary/aromatic N) is 3. The van der Waals surface area contributed by atoms with E-state index in [4.69, 9.17) is 0 Å². The highest BCUT2D eigenvalue weighted by Crippen LogP contribution is 2.27. The summed E-state index contributed by atoms with van der Waals surface area (Å²) in [6, 6.07) is 0. The van der Waals surface area contributed by atoms with Gasteiger partial charge in [-0.15, -0.1) is 11.3 Å². The molecule has 0 spiro atoms. The summed E-state index contributed by atoms with van der Waals surface area (Å²) in [6.07, 6.45) is 2.30. The fraction of sp³-hybridized carbons (Fsp3) is 0.429. The number of fused-ring (bicyclic) bond motifs is 1. The second-order valence-electron chi connectivity index (χ2n) is 5.06. The maximum atomic E-state index is 12.5. The van der Waals surface area contributed by atoms with Crippen molar-refractivity contribution in [2.24, 2.45) is 5.92 Å². The average molecular weight is 336 g/mol. The summed E-state index contributed by atoms with van der Waals surface area (Å²) >= 11 is 2.84. The summed E-state index contributed by atoms with van der Waals surface area (Å²) in [5, 5.41) is 5.91. The third kappa shape index (κ3) is 2.80. The van der Waals surface area contributed by atoms with Crippen molar-refractivity contribution < 1.29 is 4.79 Å². The van der Waals surface area contributed by atoms with Gasteiger partial charge in [0.05, 0.1) is 5.92 Å². The summed E-state index contributed by atoms with van der Waals surface area (Å²) in [7, 11) is 0. The molecule has 1 N–H and O–H groups in total. The summed E-state index contributed by atoms with van der Waals surface area (Å²) in [5.74, 6) is 0.265. The Balaban J connectivity index is 1.84. The van der Waals surface area contributed by atoms with E-state index >= 15 is 0 Å². The first-order valence-electron chi connectivity index (χ1n) is 7.03. The lowest BCUT2D eigenvalue weighted by atomic mass is 10.1. The molecule has 3 rings (SSSR count). The highest BCUT2D eigenvalue weighted by Gasteiger charge is 2.28. The van der Waals surface area contributed by atoms with E-state index in [1.807, 2.05) is 19.2 Å². The second-order valence-corrected chi connectivity index (χ2v) is 6.94. The molecule has 0 unspecified atom stereocenters. The Morgan fingerprint density at radius 3 is 3.05 bits per heavy atom. The van der Waals surface area contributed by atoms with E-state index < -0.39 is 0 Å². The number of thioether (sulfide) groups is 1. The molecule has 116 valence electrons. The Morgan fingerprint density at radius 2 is 2.36 bits per heavy atom. The number of rotatable bonds is 3. The third-order valence-electron chi connectivity index (χ3n) is 3.64. The van der Waals surface area contributed by atoms with Gasteiger partial charge in [0.2, 0.25) is 5.91 Å². The fourth-order valence-corrected chi connectivity index (χ4v) is 4.11. The van der Waals surface area contributed by atoms with E-state index in [1.165, 1.54) is 23.1 Å². The average Bonchev–Trinajstić information content (AvgIpc) is 3.00. The van der Waals surface area contributed by atoms with Crippen LogP contribution in [0, 0.1) is 12.8 Å². The van der Waals surface area contributed by atoms with Crippen LogP contribution >= 0.6 is 23.1 Å². The van der Waals surface area contributed by atoms with Gasteiger partial charge in [-0.25, -0.2) is 9.97 Å². The number of thiazole rings is 1. The third-order valence-corrected chi connectivity index (χ3v) is 5.47. The largest absolute Gasteiger partial charge is 0.302 e. The maximum absolute atomic E-state index is 12.5. The van der Waals surface area contributed by atoms with Crippen LogP contribution in [-0.2, 0) is 17.8 Å². The quantitative estimate of drug-likeness (QED) is 0.867. The smallest absolute Gasteiger partial charge is 0.257 e. The lowest BCUT2D eigenvalue weighted by Crippen LogP contribution is -2.38. The van der Waals surface area contributed by atoms with Gasteiger partial charge in [0.15, 0.2) is 10.3 Å². The van der Waals surface area contributed by atoms with Crippen molar-refractivity contribution in [2.45, 2.75) is 32.0 Å². The number of anilines is 1. The van der Waals surface area contributed by atoms with Crippen molar-refractivity contribution >= 4 is 34.1 Å². The normalized spacial score (nSPS) is 17.1. The fourth-order valence-electron chi connectivity index (χ4n) is 2.45. The molecule has 1 aliphatic heterocycles. The zero-order valence-corrected chi connectivity index (χ0v) is 14.0. The lowest BCUT2D eigenvalue weighted by Gasteiger charge is -2.24. The molecule has 3 heterocycles. The van der Waals surface area contributed by atoms with Crippen LogP contribution in [0.4, 0.5) is 5.13 Å². The Hall–Kier alpha value is -1.67. The molecule has 0 aliphatic carbocycles. The zero-order chi connectivity index (χ0) is 15.7. The molecule has 0 bridgehead atoms. The van der Waals surface area contributed by atoms with E-state index in [9.17, 15) is 9.59 Å². The first-order valence-corrected chi connectivity index (χ1v) is 8.90. The van der Waals surface area contributed by atoms with Gasteiger partial charge in [-0.05, 0) is 13.3 Å². The Morgan fingerprint density at radius 1 is 1.55 bits per heavy atom. The van der Waals surface area contributed by atoms with E-state index in [0.717, 1.165) is 11.3 Å². The van der Waals surface area contributed by atoms with Crippen LogP contribution in [0.2, 0.25) is 0 Å². The van der Waals surface area contributed by atoms with Gasteiger partial charge in [-0.3, -0.25) is 14.2 Å². The van der Waals surface area contributed by atoms with Crippen molar-refractivity contribution in [3.05, 3.63) is 33.2 Å². The predicted octanol–water partition coefficient (Wildman–Crippen LogP) is 1.93. The number of carbonyl (C=O) groups is 1. The SMILES string of the molecule is CCc1c(C)nc2n(c1=O)C[C@H](C(=O)Nc1nccs1)CS2. The van der Waals surface area contributed by atoms with Gasteiger partial charge in [0.25, 0.3) is 5.56 Å². The van der Waals surface area contributed by atoms with Crippen LogP contribution in [0.15, 0.2) is 21.5 Å². The minimum atomic E-state index is -0.256. The molecular weight excluding hydrogens is 320 g/mol. The maximum Gasteiger partial charge on any atom is 0.257 e. The summed E-state index contributed by atoms with van der Waals surface area (Å²) in [6.45, 7) is 4.18. The monoisotopic (exact) mass is 336 g/mol. The van der Waals surface area contributed by atoms with Gasteiger partial charge < -0.3 is 5.32 Å². The Kier molecular flexibility index (Phi) is 4.30. The second kappa shape index (κ2) is 6.21. The number of hydrogen-bond acceptors (Lipinski definition) is 6. The highest BCUT2D eigenvalue weighted by atomic mass is 32.2. The molecule has 22 heavy (non-hydrogen) atoms. The van der Waals surface area contributed by atoms with Crippen molar-refractivity contribution in [3.63, 3.8) is 0 Å². The van der Waals surface area contributed by atoms with Gasteiger partial charge in [-0.2, -0.15) is 0 Å². The molecule has 6 nitrogen and oxygen atoms in total. The summed E-state index contributed by atoms with van der Waals surface area (Å²) in [4.78, 5) is 33.4. The minimum absolute atomic E-state index is 0.0238. The number of carbonyl (C=O) groups excluding carboxylic acids is 1. The van der Waals surface area contributed by atoms with Crippen LogP contribution in [0.3, 0.4) is 0 Å². The first kappa shape index (κ1) is 15.2. The molecule has 1 atom stereocenters. The number of hydrogen-bond donors (Lipinski definition) is 1. The topological polar surface area (TPSA) is 76.9 Å². The molecule has 2 aromatic rings. The van der Waals surface area contributed by atoms with Crippen molar-refractivity contribution in [2.75, 3.05) is 11.1 Å². The van der Waals surface area contributed by atoms with Gasteiger partial charge in [-0.1, -0.05) is 18.7 Å². The summed E-state index contributed by atoms with van der Waals surface area (Å²) < 4.78 is 1.63. The molecule has 0 saturated heterocycles. The van der Waals surface area contributed by atoms with Gasteiger partial charge >= 0.3 is 0 Å². The van der Waals surface area contributed by atoms with E-state index in [-0.39, 0.29) is 17.4 Å². The van der Waals surface area contributed by atoms with Crippen molar-refractivity contribution in [3.8, 4) is 0 Å². The van der Waals surface area contributed by atoms with E-state index in [1.54, 1.807) is 10.8 Å². The molecule has 2 aromatic heterocycles. The molecule has 0 fully saturated rings. The Bertz CT molecular complexity index is 755. The van der Waals surface area contributed by atoms with Gasteiger partial charge in [0, 0.05) is 35.1 Å². The standard InChI is InChI=1S/C14H16N4O2S2/c1-3-10-8(2)16-14-18(12(10)20)6-9(7-22-14)11(19)17-13-15-4-5-21-13/h4-5,9H,3,6-7H2,1-2H3,(H,15,17,19)/t9-/m0/s1. The van der Waals surface area contributed by atoms with Crippen LogP contribution in [0.1, 0.15) is 18.2 Å².